The largest absolute Gasteiger partial charge is 0.380 e. The molecule has 0 atom stereocenters. The summed E-state index contributed by atoms with van der Waals surface area (Å²) in [6.07, 6.45) is 0. The van der Waals surface area contributed by atoms with Crippen LogP contribution in [0.4, 0.5) is 10.5 Å². The lowest BCUT2D eigenvalue weighted by Gasteiger charge is -2.12. The van der Waals surface area contributed by atoms with E-state index in [1.165, 1.54) is 11.1 Å². The first-order valence-electron chi connectivity index (χ1n) is 6.25. The normalized spacial score (nSPS) is 10.2. The summed E-state index contributed by atoms with van der Waals surface area (Å²) in [7, 11) is 0. The van der Waals surface area contributed by atoms with Crippen molar-refractivity contribution in [3.63, 3.8) is 0 Å². The van der Waals surface area contributed by atoms with Crippen molar-refractivity contribution in [2.24, 2.45) is 0 Å². The Morgan fingerprint density at radius 3 is 2.50 bits per heavy atom. The molecule has 4 nitrogen and oxygen atoms in total. The molecule has 18 heavy (non-hydrogen) atoms. The fourth-order valence-corrected chi connectivity index (χ4v) is 1.64. The zero-order valence-electron chi connectivity index (χ0n) is 11.6. The van der Waals surface area contributed by atoms with Gasteiger partial charge >= 0.3 is 6.03 Å². The smallest absolute Gasteiger partial charge is 0.319 e. The minimum absolute atomic E-state index is 0.193. The third-order valence-corrected chi connectivity index (χ3v) is 2.82. The summed E-state index contributed by atoms with van der Waals surface area (Å²) in [6.45, 7) is 9.74. The van der Waals surface area contributed by atoms with E-state index in [0.717, 1.165) is 11.3 Å². The highest BCUT2D eigenvalue weighted by Gasteiger charge is 2.05. The van der Waals surface area contributed by atoms with Gasteiger partial charge in [0.05, 0.1) is 6.61 Å². The first-order chi connectivity index (χ1) is 8.54. The number of amides is 2. The molecule has 0 radical (unpaired) electrons. The highest BCUT2D eigenvalue weighted by molar-refractivity contribution is 5.90. The van der Waals surface area contributed by atoms with E-state index in [1.807, 2.05) is 26.8 Å². The van der Waals surface area contributed by atoms with Crippen LogP contribution in [-0.4, -0.2) is 25.8 Å². The lowest BCUT2D eigenvalue weighted by atomic mass is 10.1. The molecule has 0 bridgehead atoms. The molecule has 0 aliphatic heterocycles. The van der Waals surface area contributed by atoms with Crippen molar-refractivity contribution in [3.8, 4) is 0 Å². The van der Waals surface area contributed by atoms with E-state index < -0.39 is 0 Å². The van der Waals surface area contributed by atoms with Gasteiger partial charge in [0.2, 0.25) is 0 Å². The maximum Gasteiger partial charge on any atom is 0.319 e. The Hall–Kier alpha value is -1.55. The zero-order chi connectivity index (χ0) is 13.5. The van der Waals surface area contributed by atoms with Gasteiger partial charge in [-0.05, 0) is 50.5 Å². The topological polar surface area (TPSA) is 50.4 Å². The molecule has 0 heterocycles. The van der Waals surface area contributed by atoms with E-state index in [0.29, 0.717) is 19.8 Å². The monoisotopic (exact) mass is 250 g/mol. The fraction of sp³-hybridized carbons (Fsp3) is 0.500. The van der Waals surface area contributed by atoms with Crippen molar-refractivity contribution >= 4 is 11.7 Å². The Morgan fingerprint density at radius 1 is 1.17 bits per heavy atom. The third-order valence-electron chi connectivity index (χ3n) is 2.82. The first-order valence-corrected chi connectivity index (χ1v) is 6.25. The van der Waals surface area contributed by atoms with Crippen LogP contribution in [-0.2, 0) is 4.74 Å². The van der Waals surface area contributed by atoms with Crippen molar-refractivity contribution in [1.82, 2.24) is 5.32 Å². The van der Waals surface area contributed by atoms with Crippen molar-refractivity contribution in [2.75, 3.05) is 25.1 Å². The minimum Gasteiger partial charge on any atom is -0.380 e. The van der Waals surface area contributed by atoms with Gasteiger partial charge in [-0.15, -0.1) is 0 Å². The van der Waals surface area contributed by atoms with Gasteiger partial charge in [0, 0.05) is 18.8 Å². The molecule has 0 saturated heterocycles. The molecule has 0 aromatic heterocycles. The Labute approximate surface area is 109 Å². The molecule has 0 unspecified atom stereocenters. The van der Waals surface area contributed by atoms with Gasteiger partial charge in [0.25, 0.3) is 0 Å². The van der Waals surface area contributed by atoms with Gasteiger partial charge in [0.1, 0.15) is 0 Å². The molecule has 2 N–H and O–H groups in total. The van der Waals surface area contributed by atoms with Gasteiger partial charge in [0.15, 0.2) is 0 Å². The summed E-state index contributed by atoms with van der Waals surface area (Å²) in [5.41, 5.74) is 4.32. The van der Waals surface area contributed by atoms with Crippen LogP contribution in [0.5, 0.6) is 0 Å². The number of carbonyl (C=O) groups excluding carboxylic acids is 1. The van der Waals surface area contributed by atoms with Crippen LogP contribution in [0.15, 0.2) is 12.1 Å². The molecule has 1 aromatic carbocycles. The Morgan fingerprint density at radius 2 is 1.83 bits per heavy atom. The summed E-state index contributed by atoms with van der Waals surface area (Å²) in [5.74, 6) is 0. The molecule has 100 valence electrons. The predicted molar refractivity (Wildman–Crippen MR) is 74.2 cm³/mol. The number of aryl methyl sites for hydroxylation is 3. The van der Waals surface area contributed by atoms with Gasteiger partial charge in [-0.25, -0.2) is 4.79 Å². The maximum atomic E-state index is 11.6. The van der Waals surface area contributed by atoms with E-state index in [-0.39, 0.29) is 6.03 Å². The van der Waals surface area contributed by atoms with E-state index in [2.05, 4.69) is 23.6 Å². The van der Waals surface area contributed by atoms with Crippen LogP contribution in [0, 0.1) is 20.8 Å². The van der Waals surface area contributed by atoms with Crippen molar-refractivity contribution < 1.29 is 9.53 Å². The number of nitrogens with one attached hydrogen (secondary N) is 2. The molecule has 0 aliphatic carbocycles. The van der Waals surface area contributed by atoms with E-state index >= 15 is 0 Å². The molecular formula is C14H22N2O2. The summed E-state index contributed by atoms with van der Waals surface area (Å²) >= 11 is 0. The van der Waals surface area contributed by atoms with Crippen molar-refractivity contribution in [3.05, 3.63) is 28.8 Å². The minimum atomic E-state index is -0.193. The molecule has 0 aliphatic rings. The number of anilines is 1. The second-order valence-corrected chi connectivity index (χ2v) is 4.33. The quantitative estimate of drug-likeness (QED) is 0.789. The first kappa shape index (κ1) is 14.5. The number of ether oxygens (including phenoxy) is 1. The van der Waals surface area contributed by atoms with Crippen molar-refractivity contribution in [2.45, 2.75) is 27.7 Å². The number of urea groups is 1. The van der Waals surface area contributed by atoms with Gasteiger partial charge in [-0.2, -0.15) is 0 Å². The summed E-state index contributed by atoms with van der Waals surface area (Å²) in [6, 6.07) is 3.87. The van der Waals surface area contributed by atoms with Crippen molar-refractivity contribution in [1.29, 1.82) is 0 Å². The number of carbonyl (C=O) groups is 1. The second-order valence-electron chi connectivity index (χ2n) is 4.33. The Balaban J connectivity index is 2.51. The molecule has 2 amide bonds. The van der Waals surface area contributed by atoms with Crippen LogP contribution in [0.1, 0.15) is 23.6 Å². The Bertz CT molecular complexity index is 417. The zero-order valence-corrected chi connectivity index (χ0v) is 11.6. The van der Waals surface area contributed by atoms with Gasteiger partial charge in [-0.3, -0.25) is 0 Å². The number of hydrogen-bond acceptors (Lipinski definition) is 2. The molecule has 1 rings (SSSR count). The Kier molecular flexibility index (Phi) is 5.65. The summed E-state index contributed by atoms with van der Waals surface area (Å²) in [5, 5.41) is 5.60. The van der Waals surface area contributed by atoms with Crippen LogP contribution >= 0.6 is 0 Å². The van der Waals surface area contributed by atoms with E-state index in [4.69, 9.17) is 4.74 Å². The second kappa shape index (κ2) is 7.01. The summed E-state index contributed by atoms with van der Waals surface area (Å²) in [4.78, 5) is 11.6. The number of hydrogen-bond donors (Lipinski definition) is 2. The van der Waals surface area contributed by atoms with Crippen LogP contribution in [0.3, 0.4) is 0 Å². The maximum absolute atomic E-state index is 11.6. The van der Waals surface area contributed by atoms with E-state index in [9.17, 15) is 4.79 Å². The SMILES string of the molecule is CCOCCNC(=O)Nc1cc(C)c(C)cc1C. The average Bonchev–Trinajstić information content (AvgIpc) is 2.32. The third kappa shape index (κ3) is 4.37. The fourth-order valence-electron chi connectivity index (χ4n) is 1.64. The molecule has 0 fully saturated rings. The molecule has 4 heteroatoms. The molecular weight excluding hydrogens is 228 g/mol. The van der Waals surface area contributed by atoms with Gasteiger partial charge < -0.3 is 15.4 Å². The highest BCUT2D eigenvalue weighted by Crippen LogP contribution is 2.19. The van der Waals surface area contributed by atoms with Crippen LogP contribution in [0.2, 0.25) is 0 Å². The molecule has 0 saturated carbocycles. The van der Waals surface area contributed by atoms with Crippen LogP contribution in [0.25, 0.3) is 0 Å². The van der Waals surface area contributed by atoms with E-state index in [1.54, 1.807) is 0 Å². The lowest BCUT2D eigenvalue weighted by molar-refractivity contribution is 0.150. The summed E-state index contributed by atoms with van der Waals surface area (Å²) < 4.78 is 5.15. The highest BCUT2D eigenvalue weighted by atomic mass is 16.5. The number of benzene rings is 1. The van der Waals surface area contributed by atoms with Gasteiger partial charge in [-0.1, -0.05) is 6.07 Å². The average molecular weight is 250 g/mol. The van der Waals surface area contributed by atoms with Crippen LogP contribution < -0.4 is 10.6 Å². The molecule has 1 aromatic rings. The number of rotatable bonds is 5. The standard InChI is InChI=1S/C14H22N2O2/c1-5-18-7-6-15-14(17)16-13-9-11(3)10(2)8-12(13)4/h8-9H,5-7H2,1-4H3,(H2,15,16,17). The lowest BCUT2D eigenvalue weighted by Crippen LogP contribution is -2.31. The molecule has 0 spiro atoms. The predicted octanol–water partition coefficient (Wildman–Crippen LogP) is 2.77.